The molecule has 0 heterocycles. The molecule has 0 aliphatic heterocycles. The molecular formula is C13H28N2O. The zero-order valence-corrected chi connectivity index (χ0v) is 11.0. The summed E-state index contributed by atoms with van der Waals surface area (Å²) >= 11 is 0. The molecule has 0 spiro atoms. The number of methoxy groups -OCH3 is 1. The molecule has 1 aliphatic carbocycles. The Bertz CT molecular complexity index is 175. The highest BCUT2D eigenvalue weighted by Gasteiger charge is 2.29. The SMILES string of the molecule is CCN(CCCCOC)C1CCCC1CN. The molecule has 0 saturated heterocycles. The molecule has 16 heavy (non-hydrogen) atoms. The third-order valence-corrected chi connectivity index (χ3v) is 3.84. The van der Waals surface area contributed by atoms with Gasteiger partial charge in [0.25, 0.3) is 0 Å². The molecule has 0 aromatic carbocycles. The Morgan fingerprint density at radius 1 is 1.31 bits per heavy atom. The maximum Gasteiger partial charge on any atom is 0.0462 e. The molecule has 2 N–H and O–H groups in total. The average Bonchev–Trinajstić information content (AvgIpc) is 2.77. The van der Waals surface area contributed by atoms with E-state index in [1.807, 2.05) is 0 Å². The third kappa shape index (κ3) is 4.04. The number of nitrogens with zero attached hydrogens (tertiary/aromatic N) is 1. The quantitative estimate of drug-likeness (QED) is 0.645. The molecule has 0 amide bonds. The predicted octanol–water partition coefficient (Wildman–Crippen LogP) is 1.86. The van der Waals surface area contributed by atoms with Crippen molar-refractivity contribution in [2.45, 2.75) is 45.1 Å². The zero-order valence-electron chi connectivity index (χ0n) is 11.0. The molecule has 3 heteroatoms. The topological polar surface area (TPSA) is 38.5 Å². The van der Waals surface area contributed by atoms with Crippen LogP contribution in [0.1, 0.15) is 39.0 Å². The van der Waals surface area contributed by atoms with Gasteiger partial charge >= 0.3 is 0 Å². The van der Waals surface area contributed by atoms with Crippen LogP contribution in [0, 0.1) is 5.92 Å². The number of hydrogen-bond donors (Lipinski definition) is 1. The van der Waals surface area contributed by atoms with Crippen LogP contribution in [0.15, 0.2) is 0 Å². The molecule has 1 saturated carbocycles. The fourth-order valence-electron chi connectivity index (χ4n) is 2.89. The van der Waals surface area contributed by atoms with Crippen molar-refractivity contribution in [2.75, 3.05) is 33.4 Å². The van der Waals surface area contributed by atoms with Crippen LogP contribution in [0.3, 0.4) is 0 Å². The summed E-state index contributed by atoms with van der Waals surface area (Å²) in [6.07, 6.45) is 6.46. The van der Waals surface area contributed by atoms with E-state index < -0.39 is 0 Å². The van der Waals surface area contributed by atoms with Gasteiger partial charge in [-0.15, -0.1) is 0 Å². The van der Waals surface area contributed by atoms with Crippen molar-refractivity contribution < 1.29 is 4.74 Å². The van der Waals surface area contributed by atoms with Crippen LogP contribution in [0.2, 0.25) is 0 Å². The van der Waals surface area contributed by atoms with Crippen molar-refractivity contribution in [3.8, 4) is 0 Å². The van der Waals surface area contributed by atoms with Gasteiger partial charge in [-0.25, -0.2) is 0 Å². The minimum Gasteiger partial charge on any atom is -0.385 e. The van der Waals surface area contributed by atoms with Crippen molar-refractivity contribution in [1.82, 2.24) is 4.90 Å². The van der Waals surface area contributed by atoms with E-state index in [1.165, 1.54) is 38.6 Å². The molecule has 0 aromatic rings. The summed E-state index contributed by atoms with van der Waals surface area (Å²) in [6.45, 7) is 6.39. The molecule has 0 aromatic heterocycles. The van der Waals surface area contributed by atoms with Crippen molar-refractivity contribution in [2.24, 2.45) is 11.7 Å². The first-order chi connectivity index (χ1) is 7.83. The summed E-state index contributed by atoms with van der Waals surface area (Å²) in [4.78, 5) is 2.63. The summed E-state index contributed by atoms with van der Waals surface area (Å²) < 4.78 is 5.09. The fraction of sp³-hybridized carbons (Fsp3) is 1.00. The lowest BCUT2D eigenvalue weighted by molar-refractivity contribution is 0.152. The second-order valence-corrected chi connectivity index (χ2v) is 4.82. The Balaban J connectivity index is 2.29. The average molecular weight is 228 g/mol. The summed E-state index contributed by atoms with van der Waals surface area (Å²) in [5, 5.41) is 0. The van der Waals surface area contributed by atoms with E-state index in [1.54, 1.807) is 7.11 Å². The molecule has 96 valence electrons. The minimum atomic E-state index is 0.738. The van der Waals surface area contributed by atoms with E-state index in [2.05, 4.69) is 11.8 Å². The van der Waals surface area contributed by atoms with Crippen LogP contribution >= 0.6 is 0 Å². The second kappa shape index (κ2) is 8.04. The maximum atomic E-state index is 5.85. The smallest absolute Gasteiger partial charge is 0.0462 e. The van der Waals surface area contributed by atoms with Gasteiger partial charge in [-0.3, -0.25) is 0 Å². The lowest BCUT2D eigenvalue weighted by Crippen LogP contribution is -2.40. The van der Waals surface area contributed by atoms with E-state index >= 15 is 0 Å². The van der Waals surface area contributed by atoms with Crippen molar-refractivity contribution >= 4 is 0 Å². The lowest BCUT2D eigenvalue weighted by Gasteiger charge is -2.31. The number of unbranched alkanes of at least 4 members (excludes halogenated alkanes) is 1. The molecule has 2 unspecified atom stereocenters. The first kappa shape index (κ1) is 13.9. The Labute approximate surface area is 100 Å². The Morgan fingerprint density at radius 3 is 2.75 bits per heavy atom. The first-order valence-corrected chi connectivity index (χ1v) is 6.76. The molecule has 3 nitrogen and oxygen atoms in total. The summed E-state index contributed by atoms with van der Waals surface area (Å²) in [5.74, 6) is 0.738. The summed E-state index contributed by atoms with van der Waals surface area (Å²) in [6, 6.07) is 0.748. The van der Waals surface area contributed by atoms with Crippen molar-refractivity contribution in [3.05, 3.63) is 0 Å². The minimum absolute atomic E-state index is 0.738. The van der Waals surface area contributed by atoms with Gasteiger partial charge in [0.1, 0.15) is 0 Å². The molecule has 0 radical (unpaired) electrons. The van der Waals surface area contributed by atoms with Crippen LogP contribution < -0.4 is 5.73 Å². The summed E-state index contributed by atoms with van der Waals surface area (Å²) in [7, 11) is 1.78. The molecule has 1 aliphatic rings. The first-order valence-electron chi connectivity index (χ1n) is 6.76. The van der Waals surface area contributed by atoms with Gasteiger partial charge in [-0.2, -0.15) is 0 Å². The Hall–Kier alpha value is -0.120. The largest absolute Gasteiger partial charge is 0.385 e. The van der Waals surface area contributed by atoms with Gasteiger partial charge in [-0.05, 0) is 51.2 Å². The van der Waals surface area contributed by atoms with Gasteiger partial charge in [0.05, 0.1) is 0 Å². The highest BCUT2D eigenvalue weighted by molar-refractivity contribution is 4.85. The van der Waals surface area contributed by atoms with Crippen LogP contribution in [-0.4, -0.2) is 44.3 Å². The molecule has 2 atom stereocenters. The molecule has 1 rings (SSSR count). The van der Waals surface area contributed by atoms with Crippen LogP contribution in [-0.2, 0) is 4.74 Å². The van der Waals surface area contributed by atoms with Crippen LogP contribution in [0.5, 0.6) is 0 Å². The van der Waals surface area contributed by atoms with Gasteiger partial charge in [0, 0.05) is 19.8 Å². The second-order valence-electron chi connectivity index (χ2n) is 4.82. The maximum absolute atomic E-state index is 5.85. The normalized spacial score (nSPS) is 25.5. The van der Waals surface area contributed by atoms with Gasteiger partial charge in [-0.1, -0.05) is 13.3 Å². The highest BCUT2D eigenvalue weighted by Crippen LogP contribution is 2.29. The van der Waals surface area contributed by atoms with Crippen molar-refractivity contribution in [3.63, 3.8) is 0 Å². The van der Waals surface area contributed by atoms with Crippen molar-refractivity contribution in [1.29, 1.82) is 0 Å². The van der Waals surface area contributed by atoms with Gasteiger partial charge in [0.2, 0.25) is 0 Å². The number of nitrogens with two attached hydrogens (primary N) is 1. The number of ether oxygens (including phenoxy) is 1. The van der Waals surface area contributed by atoms with E-state index in [0.29, 0.717) is 0 Å². The lowest BCUT2D eigenvalue weighted by atomic mass is 10.0. The van der Waals surface area contributed by atoms with E-state index in [0.717, 1.165) is 31.7 Å². The van der Waals surface area contributed by atoms with E-state index in [4.69, 9.17) is 10.5 Å². The zero-order chi connectivity index (χ0) is 11.8. The highest BCUT2D eigenvalue weighted by atomic mass is 16.5. The fourth-order valence-corrected chi connectivity index (χ4v) is 2.89. The Kier molecular flexibility index (Phi) is 7.01. The molecular weight excluding hydrogens is 200 g/mol. The number of hydrogen-bond acceptors (Lipinski definition) is 3. The standard InChI is InChI=1S/C13H28N2O/c1-3-15(9-4-5-10-16-2)13-8-6-7-12(13)11-14/h12-13H,3-11,14H2,1-2H3. The van der Waals surface area contributed by atoms with E-state index in [-0.39, 0.29) is 0 Å². The molecule has 0 bridgehead atoms. The van der Waals surface area contributed by atoms with Gasteiger partial charge < -0.3 is 15.4 Å². The predicted molar refractivity (Wildman–Crippen MR) is 68.5 cm³/mol. The van der Waals surface area contributed by atoms with E-state index in [9.17, 15) is 0 Å². The molecule has 1 fully saturated rings. The number of rotatable bonds is 8. The van der Waals surface area contributed by atoms with Crippen LogP contribution in [0.25, 0.3) is 0 Å². The van der Waals surface area contributed by atoms with Gasteiger partial charge in [0.15, 0.2) is 0 Å². The summed E-state index contributed by atoms with van der Waals surface area (Å²) in [5.41, 5.74) is 5.85. The third-order valence-electron chi connectivity index (χ3n) is 3.84. The van der Waals surface area contributed by atoms with Crippen LogP contribution in [0.4, 0.5) is 0 Å². The monoisotopic (exact) mass is 228 g/mol. The Morgan fingerprint density at radius 2 is 2.12 bits per heavy atom.